The van der Waals surface area contributed by atoms with Crippen molar-refractivity contribution < 1.29 is 4.79 Å². The third-order valence-electron chi connectivity index (χ3n) is 4.52. The highest BCUT2D eigenvalue weighted by molar-refractivity contribution is 5.76. The molecule has 0 unspecified atom stereocenters. The zero-order valence-corrected chi connectivity index (χ0v) is 14.2. The normalized spacial score (nSPS) is 15.8. The monoisotopic (exact) mass is 331 g/mol. The lowest BCUT2D eigenvalue weighted by Gasteiger charge is -2.34. The molecular formula is C16H25N7O. The summed E-state index contributed by atoms with van der Waals surface area (Å²) < 4.78 is 3.92. The van der Waals surface area contributed by atoms with Crippen molar-refractivity contribution in [3.05, 3.63) is 30.9 Å². The van der Waals surface area contributed by atoms with Gasteiger partial charge in [-0.25, -0.2) is 9.97 Å². The molecule has 0 spiro atoms. The molecule has 2 aromatic heterocycles. The van der Waals surface area contributed by atoms with Crippen LogP contribution in [0.3, 0.4) is 0 Å². The molecule has 0 aromatic carbocycles. The molecule has 1 fully saturated rings. The Kier molecular flexibility index (Phi) is 5.58. The van der Waals surface area contributed by atoms with Crippen LogP contribution < -0.4 is 0 Å². The molecule has 3 heterocycles. The van der Waals surface area contributed by atoms with Crippen molar-refractivity contribution in [1.29, 1.82) is 0 Å². The standard InChI is InChI=1S/C16H25N7O/c1-2-15-18-4-6-21(15)5-3-16(24)22-10-7-20(8-11-22)9-12-23-14-17-13-19-23/h4,6,13-14H,2-3,5,7-12H2,1H3. The first-order chi connectivity index (χ1) is 11.8. The van der Waals surface area contributed by atoms with E-state index in [2.05, 4.69) is 31.5 Å². The van der Waals surface area contributed by atoms with Crippen LogP contribution in [0.1, 0.15) is 19.2 Å². The molecule has 0 bridgehead atoms. The molecule has 130 valence electrons. The maximum absolute atomic E-state index is 12.4. The first kappa shape index (κ1) is 16.6. The Hall–Kier alpha value is -2.22. The number of aromatic nitrogens is 5. The predicted octanol–water partition coefficient (Wildman–Crippen LogP) is 0.272. The van der Waals surface area contributed by atoms with Crippen LogP contribution in [-0.2, 0) is 24.3 Å². The van der Waals surface area contributed by atoms with Gasteiger partial charge in [-0.3, -0.25) is 14.4 Å². The fourth-order valence-electron chi connectivity index (χ4n) is 3.05. The van der Waals surface area contributed by atoms with Gasteiger partial charge < -0.3 is 9.47 Å². The van der Waals surface area contributed by atoms with E-state index in [9.17, 15) is 4.79 Å². The number of rotatable bonds is 7. The van der Waals surface area contributed by atoms with Gasteiger partial charge >= 0.3 is 0 Å². The second kappa shape index (κ2) is 8.05. The average molecular weight is 331 g/mol. The van der Waals surface area contributed by atoms with Gasteiger partial charge in [0, 0.05) is 64.5 Å². The van der Waals surface area contributed by atoms with Crippen LogP contribution in [0.25, 0.3) is 0 Å². The van der Waals surface area contributed by atoms with Crippen molar-refractivity contribution in [2.45, 2.75) is 32.9 Å². The number of imidazole rings is 1. The predicted molar refractivity (Wildman–Crippen MR) is 89.3 cm³/mol. The van der Waals surface area contributed by atoms with Gasteiger partial charge in [0.1, 0.15) is 18.5 Å². The summed E-state index contributed by atoms with van der Waals surface area (Å²) in [5.74, 6) is 1.28. The fraction of sp³-hybridized carbons (Fsp3) is 0.625. The highest BCUT2D eigenvalue weighted by Gasteiger charge is 2.20. The van der Waals surface area contributed by atoms with Gasteiger partial charge in [0.2, 0.25) is 5.91 Å². The Bertz CT molecular complexity index is 629. The molecule has 1 aliphatic rings. The van der Waals surface area contributed by atoms with E-state index >= 15 is 0 Å². The SMILES string of the molecule is CCc1nccn1CCC(=O)N1CCN(CCn2cncn2)CC1. The summed E-state index contributed by atoms with van der Waals surface area (Å²) >= 11 is 0. The molecule has 0 N–H and O–H groups in total. The lowest BCUT2D eigenvalue weighted by atomic mass is 10.2. The van der Waals surface area contributed by atoms with E-state index in [1.54, 1.807) is 18.9 Å². The molecule has 3 rings (SSSR count). The van der Waals surface area contributed by atoms with Crippen LogP contribution >= 0.6 is 0 Å². The summed E-state index contributed by atoms with van der Waals surface area (Å²) in [7, 11) is 0. The first-order valence-corrected chi connectivity index (χ1v) is 8.59. The second-order valence-electron chi connectivity index (χ2n) is 6.02. The van der Waals surface area contributed by atoms with Crippen LogP contribution in [0, 0.1) is 0 Å². The zero-order valence-electron chi connectivity index (χ0n) is 14.2. The minimum absolute atomic E-state index is 0.238. The highest BCUT2D eigenvalue weighted by atomic mass is 16.2. The van der Waals surface area contributed by atoms with E-state index in [0.29, 0.717) is 13.0 Å². The molecule has 1 amide bonds. The number of amides is 1. The van der Waals surface area contributed by atoms with Crippen LogP contribution in [0.5, 0.6) is 0 Å². The van der Waals surface area contributed by atoms with Gasteiger partial charge in [-0.2, -0.15) is 5.10 Å². The minimum Gasteiger partial charge on any atom is -0.340 e. The van der Waals surface area contributed by atoms with Crippen LogP contribution in [0.4, 0.5) is 0 Å². The van der Waals surface area contributed by atoms with Gasteiger partial charge in [0.25, 0.3) is 0 Å². The average Bonchev–Trinajstić information content (AvgIpc) is 3.29. The fourth-order valence-corrected chi connectivity index (χ4v) is 3.05. The van der Waals surface area contributed by atoms with E-state index in [-0.39, 0.29) is 5.91 Å². The van der Waals surface area contributed by atoms with Crippen molar-refractivity contribution in [3.8, 4) is 0 Å². The third kappa shape index (κ3) is 4.19. The number of hydrogen-bond donors (Lipinski definition) is 0. The van der Waals surface area contributed by atoms with Crippen molar-refractivity contribution in [2.75, 3.05) is 32.7 Å². The summed E-state index contributed by atoms with van der Waals surface area (Å²) in [6.07, 6.45) is 8.49. The van der Waals surface area contributed by atoms with Crippen molar-refractivity contribution in [3.63, 3.8) is 0 Å². The molecule has 24 heavy (non-hydrogen) atoms. The molecule has 1 saturated heterocycles. The summed E-state index contributed by atoms with van der Waals surface area (Å²) in [5.41, 5.74) is 0. The quantitative estimate of drug-likeness (QED) is 0.728. The highest BCUT2D eigenvalue weighted by Crippen LogP contribution is 2.06. The molecule has 0 aliphatic carbocycles. The maximum Gasteiger partial charge on any atom is 0.224 e. The molecule has 8 nitrogen and oxygen atoms in total. The molecular weight excluding hydrogens is 306 g/mol. The van der Waals surface area contributed by atoms with Gasteiger partial charge in [-0.05, 0) is 0 Å². The van der Waals surface area contributed by atoms with Crippen molar-refractivity contribution >= 4 is 5.91 Å². The lowest BCUT2D eigenvalue weighted by molar-refractivity contribution is -0.133. The van der Waals surface area contributed by atoms with Gasteiger partial charge in [0.05, 0.1) is 6.54 Å². The van der Waals surface area contributed by atoms with Crippen molar-refractivity contribution in [2.24, 2.45) is 0 Å². The molecule has 0 radical (unpaired) electrons. The van der Waals surface area contributed by atoms with Crippen LogP contribution in [0.15, 0.2) is 25.0 Å². The van der Waals surface area contributed by atoms with E-state index in [1.807, 2.05) is 15.8 Å². The smallest absolute Gasteiger partial charge is 0.224 e. The van der Waals surface area contributed by atoms with Gasteiger partial charge in [0.15, 0.2) is 0 Å². The number of carbonyl (C=O) groups is 1. The number of aryl methyl sites for hydroxylation is 2. The Morgan fingerprint density at radius 2 is 2.00 bits per heavy atom. The number of piperazine rings is 1. The number of nitrogens with zero attached hydrogens (tertiary/aromatic N) is 7. The summed E-state index contributed by atoms with van der Waals surface area (Å²) in [5, 5.41) is 4.11. The van der Waals surface area contributed by atoms with Crippen LogP contribution in [0.2, 0.25) is 0 Å². The van der Waals surface area contributed by atoms with E-state index in [4.69, 9.17) is 0 Å². The largest absolute Gasteiger partial charge is 0.340 e. The molecule has 0 saturated carbocycles. The second-order valence-corrected chi connectivity index (χ2v) is 6.02. The maximum atomic E-state index is 12.4. The Labute approximate surface area is 142 Å². The van der Waals surface area contributed by atoms with E-state index < -0.39 is 0 Å². The molecule has 1 aliphatic heterocycles. The third-order valence-corrected chi connectivity index (χ3v) is 4.52. The summed E-state index contributed by atoms with van der Waals surface area (Å²) in [4.78, 5) is 25.0. The van der Waals surface area contributed by atoms with E-state index in [1.165, 1.54) is 0 Å². The Morgan fingerprint density at radius 3 is 2.71 bits per heavy atom. The first-order valence-electron chi connectivity index (χ1n) is 8.59. The summed E-state index contributed by atoms with van der Waals surface area (Å²) in [6, 6.07) is 0. The van der Waals surface area contributed by atoms with E-state index in [0.717, 1.165) is 51.5 Å². The number of carbonyl (C=O) groups excluding carboxylic acids is 1. The molecule has 2 aromatic rings. The zero-order chi connectivity index (χ0) is 16.8. The lowest BCUT2D eigenvalue weighted by Crippen LogP contribution is -2.49. The van der Waals surface area contributed by atoms with Gasteiger partial charge in [-0.1, -0.05) is 6.92 Å². The molecule has 0 atom stereocenters. The topological polar surface area (TPSA) is 72.1 Å². The molecule has 8 heteroatoms. The van der Waals surface area contributed by atoms with Gasteiger partial charge in [-0.15, -0.1) is 0 Å². The summed E-state index contributed by atoms with van der Waals surface area (Å²) in [6.45, 7) is 8.04. The number of hydrogen-bond acceptors (Lipinski definition) is 5. The van der Waals surface area contributed by atoms with Crippen molar-refractivity contribution in [1.82, 2.24) is 34.1 Å². The minimum atomic E-state index is 0.238. The van der Waals surface area contributed by atoms with Crippen LogP contribution in [-0.4, -0.2) is 72.7 Å². The Balaban J connectivity index is 1.38. The Morgan fingerprint density at radius 1 is 1.17 bits per heavy atom.